The molecule has 46 heavy (non-hydrogen) atoms. The predicted molar refractivity (Wildman–Crippen MR) is 178 cm³/mol. The summed E-state index contributed by atoms with van der Waals surface area (Å²) < 4.78 is 18.0. The number of rotatable bonds is 10. The second-order valence-electron chi connectivity index (χ2n) is 11.1. The Morgan fingerprint density at radius 1 is 0.804 bits per heavy atom. The molecule has 1 aromatic carbocycles. The van der Waals surface area contributed by atoms with Crippen LogP contribution in [-0.4, -0.2) is 65.6 Å². The topological polar surface area (TPSA) is 103 Å². The van der Waals surface area contributed by atoms with Gasteiger partial charge in [0.1, 0.15) is 24.2 Å². The van der Waals surface area contributed by atoms with Gasteiger partial charge in [-0.3, -0.25) is 14.8 Å². The number of carbonyl (C=O) groups is 2. The normalized spacial score (nSPS) is 15.7. The van der Waals surface area contributed by atoms with Crippen LogP contribution in [0.25, 0.3) is 21.1 Å². The average Bonchev–Trinajstić information content (AvgIpc) is 3.91. The van der Waals surface area contributed by atoms with Gasteiger partial charge in [-0.2, -0.15) is 0 Å². The number of aromatic nitrogens is 2. The van der Waals surface area contributed by atoms with Crippen molar-refractivity contribution in [2.24, 2.45) is 0 Å². The zero-order valence-electron chi connectivity index (χ0n) is 25.0. The van der Waals surface area contributed by atoms with Crippen molar-refractivity contribution >= 4 is 34.6 Å². The summed E-state index contributed by atoms with van der Waals surface area (Å²) in [5, 5.41) is 3.25. The Hall–Kier alpha value is -4.58. The Labute approximate surface area is 274 Å². The van der Waals surface area contributed by atoms with E-state index in [0.29, 0.717) is 46.6 Å². The van der Waals surface area contributed by atoms with E-state index < -0.39 is 18.1 Å². The minimum atomic E-state index is -0.802. The highest BCUT2D eigenvalue weighted by Crippen LogP contribution is 2.36. The fourth-order valence-corrected chi connectivity index (χ4v) is 7.44. The highest BCUT2D eigenvalue weighted by Gasteiger charge is 2.33. The largest absolute Gasteiger partial charge is 0.486 e. The van der Waals surface area contributed by atoms with E-state index in [1.165, 1.54) is 22.7 Å². The maximum absolute atomic E-state index is 13.8. The summed E-state index contributed by atoms with van der Waals surface area (Å²) >= 11 is 2.71. The molecule has 0 aliphatic carbocycles. The van der Waals surface area contributed by atoms with Gasteiger partial charge < -0.3 is 24.4 Å². The highest BCUT2D eigenvalue weighted by atomic mass is 32.1. The second kappa shape index (κ2) is 13.8. The number of esters is 1. The smallest absolute Gasteiger partial charge is 0.349 e. The van der Waals surface area contributed by atoms with E-state index in [-0.39, 0.29) is 5.91 Å². The molecule has 11 heteroatoms. The molecule has 7 rings (SSSR count). The van der Waals surface area contributed by atoms with Crippen LogP contribution in [0.5, 0.6) is 11.5 Å². The van der Waals surface area contributed by atoms with E-state index in [9.17, 15) is 9.59 Å². The molecule has 2 atom stereocenters. The van der Waals surface area contributed by atoms with Gasteiger partial charge in [-0.25, -0.2) is 4.79 Å². The number of amides is 1. The third-order valence-electron chi connectivity index (χ3n) is 7.94. The van der Waals surface area contributed by atoms with Crippen LogP contribution in [-0.2, 0) is 4.74 Å². The molecule has 1 amide bonds. The molecule has 234 valence electrons. The van der Waals surface area contributed by atoms with Crippen molar-refractivity contribution in [1.82, 2.24) is 20.2 Å². The molecule has 4 aromatic heterocycles. The van der Waals surface area contributed by atoms with Crippen LogP contribution in [0.15, 0.2) is 91.3 Å². The minimum absolute atomic E-state index is 0.233. The lowest BCUT2D eigenvalue weighted by atomic mass is 10.00. The third-order valence-corrected chi connectivity index (χ3v) is 10.1. The number of ether oxygens (including phenoxy) is 3. The number of benzene rings is 1. The van der Waals surface area contributed by atoms with Gasteiger partial charge in [0.2, 0.25) is 0 Å². The van der Waals surface area contributed by atoms with Crippen LogP contribution < -0.4 is 14.8 Å². The first-order chi connectivity index (χ1) is 22.6. The lowest BCUT2D eigenvalue weighted by Crippen LogP contribution is -2.47. The number of nitrogens with zero attached hydrogens (tertiary/aromatic N) is 3. The lowest BCUT2D eigenvalue weighted by molar-refractivity contribution is 0.0158. The number of nitrogens with one attached hydrogen (secondary N) is 1. The van der Waals surface area contributed by atoms with Gasteiger partial charge in [0, 0.05) is 18.9 Å². The molecular formula is C35H32N4O5S2. The van der Waals surface area contributed by atoms with Gasteiger partial charge in [-0.15, -0.1) is 22.7 Å². The van der Waals surface area contributed by atoms with Crippen molar-refractivity contribution < 1.29 is 23.8 Å². The van der Waals surface area contributed by atoms with E-state index in [4.69, 9.17) is 14.2 Å². The maximum Gasteiger partial charge on any atom is 0.349 e. The number of fused-ring (bicyclic) bond motifs is 1. The molecule has 2 aliphatic rings. The number of hydrogen-bond acceptors (Lipinski definition) is 10. The summed E-state index contributed by atoms with van der Waals surface area (Å²) in [6, 6.07) is 23.8. The molecule has 5 aromatic rings. The average molecular weight is 653 g/mol. The monoisotopic (exact) mass is 652 g/mol. The van der Waals surface area contributed by atoms with E-state index >= 15 is 0 Å². The molecule has 2 aliphatic heterocycles. The third kappa shape index (κ3) is 6.81. The Morgan fingerprint density at radius 3 is 2.13 bits per heavy atom. The summed E-state index contributed by atoms with van der Waals surface area (Å²) in [4.78, 5) is 41.6. The molecule has 2 unspecified atom stereocenters. The molecule has 0 radical (unpaired) electrons. The molecule has 0 spiro atoms. The van der Waals surface area contributed by atoms with Crippen molar-refractivity contribution in [3.63, 3.8) is 0 Å². The SMILES string of the molecule is O=C(NC(CN1CCCC1)C(OC(=O)c1ccc(-c2ccccn2)s1)c1ccc2c(c1)OCCO2)c1ccc(-c2ccccn2)s1. The summed E-state index contributed by atoms with van der Waals surface area (Å²) in [6.45, 7) is 3.24. The highest BCUT2D eigenvalue weighted by molar-refractivity contribution is 7.17. The van der Waals surface area contributed by atoms with Crippen molar-refractivity contribution in [3.05, 3.63) is 107 Å². The standard InChI is InChI=1S/C35H32N4O5S2/c40-34(31-13-11-29(45-31)24-7-1-3-15-36-24)38-26(22-39-17-5-6-18-39)33(23-9-10-27-28(21-23)43-20-19-42-27)44-35(41)32-14-12-30(46-32)25-8-2-4-16-37-25/h1-4,7-16,21,26,33H,5-6,17-20,22H2,(H,38,40). The molecule has 1 saturated heterocycles. The van der Waals surface area contributed by atoms with Crippen LogP contribution in [0, 0.1) is 0 Å². The zero-order valence-corrected chi connectivity index (χ0v) is 26.6. The summed E-state index contributed by atoms with van der Waals surface area (Å²) in [5.74, 6) is 0.520. The molecule has 9 nitrogen and oxygen atoms in total. The molecule has 0 saturated carbocycles. The van der Waals surface area contributed by atoms with Crippen molar-refractivity contribution in [1.29, 1.82) is 0 Å². The summed E-state index contributed by atoms with van der Waals surface area (Å²) in [6.07, 6.45) is 4.82. The predicted octanol–water partition coefficient (Wildman–Crippen LogP) is 6.50. The quantitative estimate of drug-likeness (QED) is 0.171. The van der Waals surface area contributed by atoms with Crippen molar-refractivity contribution in [2.45, 2.75) is 25.0 Å². The first-order valence-corrected chi connectivity index (χ1v) is 16.9. The van der Waals surface area contributed by atoms with Crippen LogP contribution in [0.3, 0.4) is 0 Å². The molecule has 6 heterocycles. The number of hydrogen-bond donors (Lipinski definition) is 1. The van der Waals surface area contributed by atoms with Gasteiger partial charge in [0.15, 0.2) is 11.5 Å². The lowest BCUT2D eigenvalue weighted by Gasteiger charge is -2.32. The van der Waals surface area contributed by atoms with Gasteiger partial charge >= 0.3 is 5.97 Å². The summed E-state index contributed by atoms with van der Waals surface area (Å²) in [5.41, 5.74) is 2.31. The second-order valence-corrected chi connectivity index (χ2v) is 13.2. The Balaban J connectivity index is 1.20. The zero-order chi connectivity index (χ0) is 31.3. The Kier molecular flexibility index (Phi) is 9.04. The summed E-state index contributed by atoms with van der Waals surface area (Å²) in [7, 11) is 0. The molecule has 0 bridgehead atoms. The fraction of sp³-hybridized carbons (Fsp3) is 0.257. The Bertz CT molecular complexity index is 1800. The maximum atomic E-state index is 13.8. The van der Waals surface area contributed by atoms with Crippen LogP contribution >= 0.6 is 22.7 Å². The van der Waals surface area contributed by atoms with Crippen molar-refractivity contribution in [2.75, 3.05) is 32.8 Å². The first kappa shape index (κ1) is 30.1. The number of carbonyl (C=O) groups excluding carboxylic acids is 2. The molecular weight excluding hydrogens is 621 g/mol. The number of pyridine rings is 2. The van der Waals surface area contributed by atoms with E-state index in [2.05, 4.69) is 20.2 Å². The van der Waals surface area contributed by atoms with Gasteiger partial charge in [-0.1, -0.05) is 18.2 Å². The van der Waals surface area contributed by atoms with E-state index in [1.807, 2.05) is 72.8 Å². The fourth-order valence-electron chi connectivity index (χ4n) is 5.69. The van der Waals surface area contributed by atoms with Gasteiger partial charge in [-0.05, 0) is 92.2 Å². The van der Waals surface area contributed by atoms with E-state index in [0.717, 1.165) is 47.1 Å². The first-order valence-electron chi connectivity index (χ1n) is 15.3. The van der Waals surface area contributed by atoms with Crippen LogP contribution in [0.1, 0.15) is 43.9 Å². The van der Waals surface area contributed by atoms with Gasteiger partial charge in [0.05, 0.1) is 32.1 Å². The molecule has 1 fully saturated rings. The minimum Gasteiger partial charge on any atom is -0.486 e. The van der Waals surface area contributed by atoms with Gasteiger partial charge in [0.25, 0.3) is 5.91 Å². The van der Waals surface area contributed by atoms with Crippen molar-refractivity contribution in [3.8, 4) is 32.6 Å². The van der Waals surface area contributed by atoms with Crippen LogP contribution in [0.2, 0.25) is 0 Å². The van der Waals surface area contributed by atoms with E-state index in [1.54, 1.807) is 18.5 Å². The number of thiophene rings is 2. The Morgan fingerprint density at radius 2 is 1.46 bits per heavy atom. The number of likely N-dealkylation sites (tertiary alicyclic amines) is 1. The molecule has 1 N–H and O–H groups in total. The van der Waals surface area contributed by atoms with Crippen LogP contribution in [0.4, 0.5) is 0 Å².